The van der Waals surface area contributed by atoms with Crippen LogP contribution in [0.3, 0.4) is 0 Å². The molecule has 0 aromatic heterocycles. The molecular weight excluding hydrogens is 491 g/mol. The van der Waals surface area contributed by atoms with Gasteiger partial charge in [0.15, 0.2) is 17.5 Å². The molecule has 1 aliphatic heterocycles. The second kappa shape index (κ2) is 12.6. The van der Waals surface area contributed by atoms with Crippen molar-refractivity contribution >= 4 is 29.9 Å². The van der Waals surface area contributed by atoms with Crippen LogP contribution in [-0.2, 0) is 19.5 Å². The van der Waals surface area contributed by atoms with Gasteiger partial charge in [0, 0.05) is 32.7 Å². The SMILES string of the molecule is CCNC(=NCc1ccc(OC)c(OC)c1)NCCN1CCc2ccccc2C1.I. The van der Waals surface area contributed by atoms with Crippen LogP contribution in [0.1, 0.15) is 23.6 Å². The predicted molar refractivity (Wildman–Crippen MR) is 133 cm³/mol. The number of benzene rings is 2. The lowest BCUT2D eigenvalue weighted by Crippen LogP contribution is -2.42. The summed E-state index contributed by atoms with van der Waals surface area (Å²) in [7, 11) is 3.29. The maximum atomic E-state index is 5.38. The predicted octanol–water partition coefficient (Wildman–Crippen LogP) is 3.44. The Morgan fingerprint density at radius 2 is 1.80 bits per heavy atom. The van der Waals surface area contributed by atoms with Crippen molar-refractivity contribution < 1.29 is 9.47 Å². The molecule has 1 heterocycles. The van der Waals surface area contributed by atoms with Gasteiger partial charge in [0.1, 0.15) is 0 Å². The molecule has 7 heteroatoms. The van der Waals surface area contributed by atoms with Crippen molar-refractivity contribution in [2.45, 2.75) is 26.4 Å². The second-order valence-corrected chi connectivity index (χ2v) is 7.11. The molecular formula is C23H33IN4O2. The van der Waals surface area contributed by atoms with Crippen LogP contribution < -0.4 is 20.1 Å². The number of rotatable bonds is 8. The van der Waals surface area contributed by atoms with E-state index in [9.17, 15) is 0 Å². The molecule has 0 saturated carbocycles. The number of hydrogen-bond donors (Lipinski definition) is 2. The first-order valence-corrected chi connectivity index (χ1v) is 10.3. The van der Waals surface area contributed by atoms with Crippen molar-refractivity contribution in [3.63, 3.8) is 0 Å². The van der Waals surface area contributed by atoms with E-state index in [1.807, 2.05) is 18.2 Å². The summed E-state index contributed by atoms with van der Waals surface area (Å²) < 4.78 is 10.7. The topological polar surface area (TPSA) is 58.1 Å². The number of ether oxygens (including phenoxy) is 2. The van der Waals surface area contributed by atoms with Crippen molar-refractivity contribution in [1.29, 1.82) is 0 Å². The van der Waals surface area contributed by atoms with Gasteiger partial charge >= 0.3 is 0 Å². The first-order valence-electron chi connectivity index (χ1n) is 10.3. The van der Waals surface area contributed by atoms with E-state index in [4.69, 9.17) is 14.5 Å². The molecule has 0 bridgehead atoms. The highest BCUT2D eigenvalue weighted by molar-refractivity contribution is 14.0. The number of guanidine groups is 1. The fourth-order valence-electron chi connectivity index (χ4n) is 3.57. The van der Waals surface area contributed by atoms with E-state index >= 15 is 0 Å². The van der Waals surface area contributed by atoms with Gasteiger partial charge in [-0.25, -0.2) is 4.99 Å². The standard InChI is InChI=1S/C23H32N4O2.HI/c1-4-24-23(26-16-18-9-10-21(28-2)22(15-18)29-3)25-12-14-27-13-11-19-7-5-6-8-20(19)17-27;/h5-10,15H,4,11-14,16-17H2,1-3H3,(H2,24,25,26);1H. The van der Waals surface area contributed by atoms with Gasteiger partial charge < -0.3 is 20.1 Å². The van der Waals surface area contributed by atoms with E-state index < -0.39 is 0 Å². The van der Waals surface area contributed by atoms with E-state index in [0.29, 0.717) is 6.54 Å². The molecule has 0 atom stereocenters. The van der Waals surface area contributed by atoms with Crippen LogP contribution in [0.5, 0.6) is 11.5 Å². The normalized spacial score (nSPS) is 13.8. The zero-order valence-corrected chi connectivity index (χ0v) is 20.4. The first kappa shape index (κ1) is 24.3. The molecule has 0 spiro atoms. The van der Waals surface area contributed by atoms with Crippen LogP contribution >= 0.6 is 24.0 Å². The van der Waals surface area contributed by atoms with E-state index in [2.05, 4.69) is 46.7 Å². The lowest BCUT2D eigenvalue weighted by Gasteiger charge is -2.28. The molecule has 1 aliphatic rings. The van der Waals surface area contributed by atoms with Gasteiger partial charge in [0.2, 0.25) is 0 Å². The van der Waals surface area contributed by atoms with Gasteiger partial charge in [0.05, 0.1) is 20.8 Å². The minimum Gasteiger partial charge on any atom is -0.493 e. The quantitative estimate of drug-likeness (QED) is 0.315. The molecule has 0 unspecified atom stereocenters. The summed E-state index contributed by atoms with van der Waals surface area (Å²) in [5.41, 5.74) is 4.02. The highest BCUT2D eigenvalue weighted by Gasteiger charge is 2.15. The third-order valence-electron chi connectivity index (χ3n) is 5.14. The molecule has 0 amide bonds. The Labute approximate surface area is 197 Å². The van der Waals surface area contributed by atoms with Gasteiger partial charge in [-0.3, -0.25) is 4.90 Å². The Morgan fingerprint density at radius 3 is 2.53 bits per heavy atom. The number of fused-ring (bicyclic) bond motifs is 1. The van der Waals surface area contributed by atoms with Gasteiger partial charge in [-0.2, -0.15) is 0 Å². The van der Waals surface area contributed by atoms with Crippen LogP contribution in [0.25, 0.3) is 0 Å². The van der Waals surface area contributed by atoms with E-state index in [0.717, 1.165) is 62.2 Å². The average molecular weight is 524 g/mol. The summed E-state index contributed by atoms with van der Waals surface area (Å²) >= 11 is 0. The third kappa shape index (κ3) is 6.77. The smallest absolute Gasteiger partial charge is 0.191 e. The first-order chi connectivity index (χ1) is 14.2. The minimum absolute atomic E-state index is 0. The van der Waals surface area contributed by atoms with Crippen LogP contribution in [0.2, 0.25) is 0 Å². The molecule has 2 aromatic rings. The summed E-state index contributed by atoms with van der Waals surface area (Å²) in [6, 6.07) is 14.6. The zero-order valence-electron chi connectivity index (χ0n) is 18.1. The Bertz CT molecular complexity index is 829. The number of hydrogen-bond acceptors (Lipinski definition) is 4. The highest BCUT2D eigenvalue weighted by atomic mass is 127. The Kier molecular flexibility index (Phi) is 10.2. The lowest BCUT2D eigenvalue weighted by molar-refractivity contribution is 0.258. The maximum Gasteiger partial charge on any atom is 0.191 e. The molecule has 0 fully saturated rings. The number of aliphatic imine (C=N–C) groups is 1. The summed E-state index contributed by atoms with van der Waals surface area (Å²) in [5.74, 6) is 2.29. The molecule has 0 aliphatic carbocycles. The Hall–Kier alpha value is -2.00. The second-order valence-electron chi connectivity index (χ2n) is 7.11. The third-order valence-corrected chi connectivity index (χ3v) is 5.14. The molecule has 2 aromatic carbocycles. The van der Waals surface area contributed by atoms with Crippen LogP contribution in [0, 0.1) is 0 Å². The highest BCUT2D eigenvalue weighted by Crippen LogP contribution is 2.27. The Balaban J connectivity index is 0.00000320. The summed E-state index contributed by atoms with van der Waals surface area (Å²) in [6.45, 7) is 7.47. The average Bonchev–Trinajstić information content (AvgIpc) is 2.77. The van der Waals surface area contributed by atoms with Gasteiger partial charge in [0.25, 0.3) is 0 Å². The molecule has 3 rings (SSSR count). The summed E-state index contributed by atoms with van der Waals surface area (Å²) in [6.07, 6.45) is 1.13. The molecule has 164 valence electrons. The Morgan fingerprint density at radius 1 is 1.03 bits per heavy atom. The number of nitrogens with one attached hydrogen (secondary N) is 2. The minimum atomic E-state index is 0. The van der Waals surface area contributed by atoms with Crippen LogP contribution in [-0.4, -0.2) is 51.3 Å². The largest absolute Gasteiger partial charge is 0.493 e. The lowest BCUT2D eigenvalue weighted by atomic mass is 10.00. The van der Waals surface area contributed by atoms with Crippen molar-refractivity contribution in [3.05, 3.63) is 59.2 Å². The summed E-state index contributed by atoms with van der Waals surface area (Å²) in [4.78, 5) is 7.21. The monoisotopic (exact) mass is 524 g/mol. The fourth-order valence-corrected chi connectivity index (χ4v) is 3.57. The number of nitrogens with zero attached hydrogens (tertiary/aromatic N) is 2. The maximum absolute atomic E-state index is 5.38. The molecule has 0 radical (unpaired) electrons. The molecule has 0 saturated heterocycles. The van der Waals surface area contributed by atoms with Crippen molar-refractivity contribution in [1.82, 2.24) is 15.5 Å². The molecule has 6 nitrogen and oxygen atoms in total. The van der Waals surface area contributed by atoms with Crippen LogP contribution in [0.4, 0.5) is 0 Å². The van der Waals surface area contributed by atoms with Gasteiger partial charge in [-0.1, -0.05) is 30.3 Å². The number of methoxy groups -OCH3 is 2. The van der Waals surface area contributed by atoms with E-state index in [1.165, 1.54) is 11.1 Å². The number of halogens is 1. The zero-order chi connectivity index (χ0) is 20.5. The summed E-state index contributed by atoms with van der Waals surface area (Å²) in [5, 5.41) is 6.78. The fraction of sp³-hybridized carbons (Fsp3) is 0.435. The van der Waals surface area contributed by atoms with Crippen molar-refractivity contribution in [3.8, 4) is 11.5 Å². The van der Waals surface area contributed by atoms with Gasteiger partial charge in [-0.15, -0.1) is 24.0 Å². The van der Waals surface area contributed by atoms with Crippen molar-refractivity contribution in [2.24, 2.45) is 4.99 Å². The van der Waals surface area contributed by atoms with E-state index in [-0.39, 0.29) is 24.0 Å². The molecule has 30 heavy (non-hydrogen) atoms. The van der Waals surface area contributed by atoms with Crippen molar-refractivity contribution in [2.75, 3.05) is 40.4 Å². The van der Waals surface area contributed by atoms with Gasteiger partial charge in [-0.05, 0) is 42.2 Å². The van der Waals surface area contributed by atoms with E-state index in [1.54, 1.807) is 14.2 Å². The van der Waals surface area contributed by atoms with Crippen LogP contribution in [0.15, 0.2) is 47.5 Å². The molecule has 2 N–H and O–H groups in total.